The minimum absolute atomic E-state index is 0.149. The van der Waals surface area contributed by atoms with E-state index in [-0.39, 0.29) is 23.0 Å². The third kappa shape index (κ3) is 4.56. The number of methoxy groups -OCH3 is 1. The van der Waals surface area contributed by atoms with Crippen LogP contribution in [0.25, 0.3) is 0 Å². The Morgan fingerprint density at radius 2 is 2.17 bits per heavy atom. The number of benzene rings is 1. The number of rotatable bonds is 7. The molecule has 1 rings (SSSR count). The molecule has 102 valence electrons. The van der Waals surface area contributed by atoms with E-state index in [1.165, 1.54) is 0 Å². The summed E-state index contributed by atoms with van der Waals surface area (Å²) in [5, 5.41) is 3.54. The van der Waals surface area contributed by atoms with Crippen LogP contribution in [0.2, 0.25) is 5.02 Å². The molecule has 2 nitrogen and oxygen atoms in total. The summed E-state index contributed by atoms with van der Waals surface area (Å²) in [6.07, 6.45) is 1.61. The number of hydrogen-bond acceptors (Lipinski definition) is 2. The zero-order valence-corrected chi connectivity index (χ0v) is 11.9. The Labute approximate surface area is 113 Å². The van der Waals surface area contributed by atoms with Crippen LogP contribution >= 0.6 is 11.6 Å². The van der Waals surface area contributed by atoms with E-state index in [9.17, 15) is 4.39 Å². The molecule has 2 atom stereocenters. The van der Waals surface area contributed by atoms with Gasteiger partial charge in [-0.25, -0.2) is 4.39 Å². The van der Waals surface area contributed by atoms with Crippen LogP contribution in [-0.2, 0) is 11.2 Å². The molecule has 0 heterocycles. The van der Waals surface area contributed by atoms with Crippen molar-refractivity contribution >= 4 is 11.6 Å². The van der Waals surface area contributed by atoms with Crippen LogP contribution in [0.1, 0.15) is 25.8 Å². The van der Waals surface area contributed by atoms with Gasteiger partial charge in [-0.2, -0.15) is 0 Å². The van der Waals surface area contributed by atoms with E-state index in [1.807, 2.05) is 13.8 Å². The highest BCUT2D eigenvalue weighted by Gasteiger charge is 2.15. The fraction of sp³-hybridized carbons (Fsp3) is 0.571. The molecule has 0 spiro atoms. The summed E-state index contributed by atoms with van der Waals surface area (Å²) in [6.45, 7) is 4.90. The first kappa shape index (κ1) is 15.4. The summed E-state index contributed by atoms with van der Waals surface area (Å²) in [5.41, 5.74) is 0.650. The van der Waals surface area contributed by atoms with Crippen molar-refractivity contribution in [1.29, 1.82) is 0 Å². The Morgan fingerprint density at radius 3 is 2.78 bits per heavy atom. The Bertz CT molecular complexity index is 373. The second-order valence-electron chi connectivity index (χ2n) is 4.45. The van der Waals surface area contributed by atoms with Crippen LogP contribution in [0.3, 0.4) is 0 Å². The van der Waals surface area contributed by atoms with Gasteiger partial charge < -0.3 is 10.1 Å². The molecule has 0 saturated heterocycles. The molecular formula is C14H21ClFNO. The Hall–Kier alpha value is -0.640. The van der Waals surface area contributed by atoms with Gasteiger partial charge in [-0.05, 0) is 37.9 Å². The maximum Gasteiger partial charge on any atom is 0.145 e. The lowest BCUT2D eigenvalue weighted by Crippen LogP contribution is -2.34. The summed E-state index contributed by atoms with van der Waals surface area (Å²) in [6, 6.07) is 5.32. The third-order valence-corrected chi connectivity index (χ3v) is 3.30. The van der Waals surface area contributed by atoms with Gasteiger partial charge in [0.2, 0.25) is 0 Å². The topological polar surface area (TPSA) is 21.3 Å². The number of likely N-dealkylation sites (N-methyl/N-ethyl adjacent to an activating group) is 1. The molecule has 1 aromatic rings. The predicted octanol–water partition coefficient (Wildman–Crippen LogP) is 3.42. The number of halogens is 2. The van der Waals surface area contributed by atoms with Crippen LogP contribution in [0.15, 0.2) is 18.2 Å². The maximum absolute atomic E-state index is 13.8. The van der Waals surface area contributed by atoms with Crippen molar-refractivity contribution in [3.8, 4) is 0 Å². The molecule has 0 aliphatic carbocycles. The number of nitrogens with one attached hydrogen (secondary N) is 1. The van der Waals surface area contributed by atoms with Crippen LogP contribution in [0, 0.1) is 5.82 Å². The standard InChI is InChI=1S/C14H21ClFNO/c1-4-17-12(8-10(2)18-3)9-11-6-5-7-13(15)14(11)16/h5-7,10,12,17H,4,8-9H2,1-3H3. The lowest BCUT2D eigenvalue weighted by molar-refractivity contribution is 0.100. The smallest absolute Gasteiger partial charge is 0.145 e. The van der Waals surface area contributed by atoms with Crippen LogP contribution in [-0.4, -0.2) is 25.8 Å². The highest BCUT2D eigenvalue weighted by Crippen LogP contribution is 2.20. The Kier molecular flexibility index (Phi) is 6.61. The summed E-state index contributed by atoms with van der Waals surface area (Å²) < 4.78 is 19.1. The molecule has 0 fully saturated rings. The van der Waals surface area contributed by atoms with Gasteiger partial charge >= 0.3 is 0 Å². The molecule has 1 N–H and O–H groups in total. The monoisotopic (exact) mass is 273 g/mol. The molecule has 0 amide bonds. The molecule has 0 aliphatic rings. The normalized spacial score (nSPS) is 14.5. The van der Waals surface area contributed by atoms with Gasteiger partial charge in [0.25, 0.3) is 0 Å². The highest BCUT2D eigenvalue weighted by molar-refractivity contribution is 6.30. The van der Waals surface area contributed by atoms with Gasteiger partial charge in [0.05, 0.1) is 11.1 Å². The second kappa shape index (κ2) is 7.72. The van der Waals surface area contributed by atoms with Crippen molar-refractivity contribution in [2.45, 2.75) is 38.8 Å². The van der Waals surface area contributed by atoms with E-state index < -0.39 is 0 Å². The molecule has 0 radical (unpaired) electrons. The number of hydrogen-bond donors (Lipinski definition) is 1. The molecule has 1 aromatic carbocycles. The van der Waals surface area contributed by atoms with E-state index in [4.69, 9.17) is 16.3 Å². The van der Waals surface area contributed by atoms with Gasteiger partial charge in [-0.1, -0.05) is 30.7 Å². The van der Waals surface area contributed by atoms with E-state index in [1.54, 1.807) is 25.3 Å². The van der Waals surface area contributed by atoms with Gasteiger partial charge in [0.15, 0.2) is 0 Å². The zero-order chi connectivity index (χ0) is 13.5. The van der Waals surface area contributed by atoms with Crippen molar-refractivity contribution in [3.05, 3.63) is 34.6 Å². The summed E-state index contributed by atoms with van der Waals surface area (Å²) >= 11 is 5.79. The first-order valence-electron chi connectivity index (χ1n) is 6.27. The first-order valence-corrected chi connectivity index (χ1v) is 6.65. The quantitative estimate of drug-likeness (QED) is 0.822. The van der Waals surface area contributed by atoms with Gasteiger partial charge in [-0.15, -0.1) is 0 Å². The minimum Gasteiger partial charge on any atom is -0.382 e. The molecule has 4 heteroatoms. The minimum atomic E-state index is -0.313. The Balaban J connectivity index is 2.73. The van der Waals surface area contributed by atoms with E-state index in [0.29, 0.717) is 12.0 Å². The lowest BCUT2D eigenvalue weighted by Gasteiger charge is -2.21. The molecular weight excluding hydrogens is 253 g/mol. The van der Waals surface area contributed by atoms with Gasteiger partial charge in [0, 0.05) is 13.2 Å². The SMILES string of the molecule is CCNC(Cc1cccc(Cl)c1F)CC(C)OC. The fourth-order valence-electron chi connectivity index (χ4n) is 2.00. The van der Waals surface area contributed by atoms with Crippen LogP contribution < -0.4 is 5.32 Å². The molecule has 0 aliphatic heterocycles. The van der Waals surface area contributed by atoms with Crippen molar-refractivity contribution in [2.75, 3.05) is 13.7 Å². The fourth-order valence-corrected chi connectivity index (χ4v) is 2.19. The average molecular weight is 274 g/mol. The summed E-state index contributed by atoms with van der Waals surface area (Å²) in [4.78, 5) is 0. The predicted molar refractivity (Wildman–Crippen MR) is 73.7 cm³/mol. The third-order valence-electron chi connectivity index (χ3n) is 3.01. The number of ether oxygens (including phenoxy) is 1. The van der Waals surface area contributed by atoms with E-state index >= 15 is 0 Å². The van der Waals surface area contributed by atoms with Gasteiger partial charge in [0.1, 0.15) is 5.82 Å². The largest absolute Gasteiger partial charge is 0.382 e. The van der Waals surface area contributed by atoms with Crippen molar-refractivity contribution in [1.82, 2.24) is 5.32 Å². The summed E-state index contributed by atoms with van der Waals surface area (Å²) in [7, 11) is 1.69. The zero-order valence-electron chi connectivity index (χ0n) is 11.2. The van der Waals surface area contributed by atoms with Gasteiger partial charge in [-0.3, -0.25) is 0 Å². The highest BCUT2D eigenvalue weighted by atomic mass is 35.5. The first-order chi connectivity index (χ1) is 8.58. The van der Waals surface area contributed by atoms with Crippen molar-refractivity contribution < 1.29 is 9.13 Å². The molecule has 0 aromatic heterocycles. The molecule has 0 saturated carbocycles. The van der Waals surface area contributed by atoms with Crippen LogP contribution in [0.4, 0.5) is 4.39 Å². The van der Waals surface area contributed by atoms with E-state index in [0.717, 1.165) is 13.0 Å². The maximum atomic E-state index is 13.8. The molecule has 18 heavy (non-hydrogen) atoms. The Morgan fingerprint density at radius 1 is 1.44 bits per heavy atom. The molecule has 2 unspecified atom stereocenters. The van der Waals surface area contributed by atoms with E-state index in [2.05, 4.69) is 5.32 Å². The van der Waals surface area contributed by atoms with Crippen LogP contribution in [0.5, 0.6) is 0 Å². The lowest BCUT2D eigenvalue weighted by atomic mass is 10.0. The molecule has 0 bridgehead atoms. The summed E-state index contributed by atoms with van der Waals surface area (Å²) in [5.74, 6) is -0.313. The second-order valence-corrected chi connectivity index (χ2v) is 4.86. The van der Waals surface area contributed by atoms with Crippen molar-refractivity contribution in [2.24, 2.45) is 0 Å². The van der Waals surface area contributed by atoms with Crippen molar-refractivity contribution in [3.63, 3.8) is 0 Å². The average Bonchev–Trinajstić information content (AvgIpc) is 2.35.